The number of hydrogen-bond acceptors (Lipinski definition) is 1. The van der Waals surface area contributed by atoms with Crippen molar-refractivity contribution in [2.24, 2.45) is 5.92 Å². The fraction of sp³-hybridized carbons (Fsp3) is 0.625. The molecule has 1 heteroatoms. The minimum atomic E-state index is 0.697. The highest BCUT2D eigenvalue weighted by Crippen LogP contribution is 2.22. The first kappa shape index (κ1) is 12.6. The zero-order valence-corrected chi connectivity index (χ0v) is 11.2. The van der Waals surface area contributed by atoms with E-state index in [-0.39, 0.29) is 0 Å². The summed E-state index contributed by atoms with van der Waals surface area (Å²) in [7, 11) is 0. The zero-order chi connectivity index (χ0) is 12.1. The van der Waals surface area contributed by atoms with E-state index in [4.69, 9.17) is 0 Å². The Balaban J connectivity index is 1.93. The molecule has 0 aliphatic carbocycles. The minimum absolute atomic E-state index is 0.697. The third-order valence-electron chi connectivity index (χ3n) is 4.14. The molecular formula is C16H25N. The van der Waals surface area contributed by atoms with Gasteiger partial charge >= 0.3 is 0 Å². The van der Waals surface area contributed by atoms with Gasteiger partial charge in [-0.1, -0.05) is 38.1 Å². The molecule has 94 valence electrons. The largest absolute Gasteiger partial charge is 0.317 e. The van der Waals surface area contributed by atoms with Crippen LogP contribution in [-0.4, -0.2) is 13.1 Å². The van der Waals surface area contributed by atoms with E-state index in [2.05, 4.69) is 43.4 Å². The summed E-state index contributed by atoms with van der Waals surface area (Å²) in [5.41, 5.74) is 3.01. The topological polar surface area (TPSA) is 12.0 Å². The Morgan fingerprint density at radius 3 is 2.41 bits per heavy atom. The molecule has 1 heterocycles. The fourth-order valence-corrected chi connectivity index (χ4v) is 2.64. The molecule has 1 fully saturated rings. The molecule has 0 spiro atoms. The van der Waals surface area contributed by atoms with E-state index in [9.17, 15) is 0 Å². The van der Waals surface area contributed by atoms with Crippen molar-refractivity contribution in [2.45, 2.75) is 45.4 Å². The first-order valence-corrected chi connectivity index (χ1v) is 7.09. The first-order valence-electron chi connectivity index (χ1n) is 7.09. The van der Waals surface area contributed by atoms with Crippen molar-refractivity contribution in [3.63, 3.8) is 0 Å². The van der Waals surface area contributed by atoms with E-state index in [1.165, 1.54) is 49.9 Å². The Kier molecular flexibility index (Phi) is 4.61. The molecule has 0 amide bonds. The van der Waals surface area contributed by atoms with Crippen molar-refractivity contribution in [2.75, 3.05) is 13.1 Å². The Bertz CT molecular complexity index is 322. The third-order valence-corrected chi connectivity index (χ3v) is 4.14. The number of hydrogen-bond donors (Lipinski definition) is 1. The molecule has 1 aromatic rings. The Labute approximate surface area is 106 Å². The SMILES string of the molecule is CCC(C)c1ccc(CC2CCNCC2)cc1. The quantitative estimate of drug-likeness (QED) is 0.832. The van der Waals surface area contributed by atoms with Crippen LogP contribution in [0.15, 0.2) is 24.3 Å². The molecule has 1 aliphatic heterocycles. The maximum Gasteiger partial charge on any atom is -0.00462 e. The van der Waals surface area contributed by atoms with Crippen molar-refractivity contribution in [1.82, 2.24) is 5.32 Å². The molecule has 1 unspecified atom stereocenters. The van der Waals surface area contributed by atoms with Crippen LogP contribution in [0.2, 0.25) is 0 Å². The molecule has 0 aromatic heterocycles. The second kappa shape index (κ2) is 6.20. The number of benzene rings is 1. The Morgan fingerprint density at radius 2 is 1.82 bits per heavy atom. The van der Waals surface area contributed by atoms with Crippen molar-refractivity contribution >= 4 is 0 Å². The molecule has 1 N–H and O–H groups in total. The maximum absolute atomic E-state index is 3.43. The summed E-state index contributed by atoms with van der Waals surface area (Å²) in [6.07, 6.45) is 5.18. The van der Waals surface area contributed by atoms with E-state index in [0.29, 0.717) is 5.92 Å². The van der Waals surface area contributed by atoms with Crippen LogP contribution in [-0.2, 0) is 6.42 Å². The smallest absolute Gasteiger partial charge is 0.00462 e. The van der Waals surface area contributed by atoms with E-state index in [1.807, 2.05) is 0 Å². The van der Waals surface area contributed by atoms with Gasteiger partial charge in [0.05, 0.1) is 0 Å². The predicted molar refractivity (Wildman–Crippen MR) is 74.4 cm³/mol. The normalized spacial score (nSPS) is 19.2. The van der Waals surface area contributed by atoms with Gasteiger partial charge in [-0.05, 0) is 61.7 Å². The van der Waals surface area contributed by atoms with Gasteiger partial charge in [-0.2, -0.15) is 0 Å². The molecule has 1 aromatic carbocycles. The minimum Gasteiger partial charge on any atom is -0.317 e. The molecule has 1 atom stereocenters. The summed E-state index contributed by atoms with van der Waals surface area (Å²) < 4.78 is 0. The molecular weight excluding hydrogens is 206 g/mol. The van der Waals surface area contributed by atoms with Crippen LogP contribution in [0, 0.1) is 5.92 Å². The summed E-state index contributed by atoms with van der Waals surface area (Å²) in [6, 6.07) is 9.32. The molecule has 0 bridgehead atoms. The predicted octanol–water partition coefficient (Wildman–Crippen LogP) is 3.74. The van der Waals surface area contributed by atoms with Crippen molar-refractivity contribution in [3.8, 4) is 0 Å². The molecule has 17 heavy (non-hydrogen) atoms. The summed E-state index contributed by atoms with van der Waals surface area (Å²) in [5, 5.41) is 3.43. The van der Waals surface area contributed by atoms with E-state index in [0.717, 1.165) is 5.92 Å². The Hall–Kier alpha value is -0.820. The lowest BCUT2D eigenvalue weighted by molar-refractivity contribution is 0.372. The van der Waals surface area contributed by atoms with Gasteiger partial charge in [0.1, 0.15) is 0 Å². The first-order chi connectivity index (χ1) is 8.29. The van der Waals surface area contributed by atoms with Gasteiger partial charge in [0, 0.05) is 0 Å². The highest BCUT2D eigenvalue weighted by atomic mass is 14.9. The number of piperidine rings is 1. The maximum atomic E-state index is 3.43. The van der Waals surface area contributed by atoms with Crippen molar-refractivity contribution in [1.29, 1.82) is 0 Å². The van der Waals surface area contributed by atoms with Gasteiger partial charge in [0.15, 0.2) is 0 Å². The van der Waals surface area contributed by atoms with Gasteiger partial charge < -0.3 is 5.32 Å². The molecule has 0 radical (unpaired) electrons. The van der Waals surface area contributed by atoms with Gasteiger partial charge in [0.2, 0.25) is 0 Å². The molecule has 0 saturated carbocycles. The van der Waals surface area contributed by atoms with Gasteiger partial charge in [-0.3, -0.25) is 0 Å². The number of rotatable bonds is 4. The van der Waals surface area contributed by atoms with Gasteiger partial charge in [-0.15, -0.1) is 0 Å². The molecule has 2 rings (SSSR count). The third kappa shape index (κ3) is 3.57. The summed E-state index contributed by atoms with van der Waals surface area (Å²) in [6.45, 7) is 6.97. The van der Waals surface area contributed by atoms with Crippen LogP contribution in [0.25, 0.3) is 0 Å². The Morgan fingerprint density at radius 1 is 1.18 bits per heavy atom. The molecule has 1 nitrogen and oxygen atoms in total. The second-order valence-electron chi connectivity index (χ2n) is 5.45. The fourth-order valence-electron chi connectivity index (χ4n) is 2.64. The van der Waals surface area contributed by atoms with Crippen LogP contribution in [0.4, 0.5) is 0 Å². The highest BCUT2D eigenvalue weighted by Gasteiger charge is 2.13. The van der Waals surface area contributed by atoms with E-state index in [1.54, 1.807) is 0 Å². The number of nitrogens with one attached hydrogen (secondary N) is 1. The zero-order valence-electron chi connectivity index (χ0n) is 11.2. The lowest BCUT2D eigenvalue weighted by Crippen LogP contribution is -2.28. The summed E-state index contributed by atoms with van der Waals surface area (Å²) in [5.74, 6) is 1.59. The lowest BCUT2D eigenvalue weighted by atomic mass is 9.90. The van der Waals surface area contributed by atoms with Crippen molar-refractivity contribution < 1.29 is 0 Å². The monoisotopic (exact) mass is 231 g/mol. The van der Waals surface area contributed by atoms with Crippen LogP contribution < -0.4 is 5.32 Å². The van der Waals surface area contributed by atoms with Crippen molar-refractivity contribution in [3.05, 3.63) is 35.4 Å². The average Bonchev–Trinajstić information content (AvgIpc) is 2.40. The highest BCUT2D eigenvalue weighted by molar-refractivity contribution is 5.25. The molecule has 1 saturated heterocycles. The average molecular weight is 231 g/mol. The van der Waals surface area contributed by atoms with Crippen LogP contribution >= 0.6 is 0 Å². The van der Waals surface area contributed by atoms with Gasteiger partial charge in [0.25, 0.3) is 0 Å². The van der Waals surface area contributed by atoms with Gasteiger partial charge in [-0.25, -0.2) is 0 Å². The second-order valence-corrected chi connectivity index (χ2v) is 5.45. The standard InChI is InChI=1S/C16H25N/c1-3-13(2)16-6-4-14(5-7-16)12-15-8-10-17-11-9-15/h4-7,13,15,17H,3,8-12H2,1-2H3. The molecule has 1 aliphatic rings. The van der Waals surface area contributed by atoms with Crippen LogP contribution in [0.5, 0.6) is 0 Å². The van der Waals surface area contributed by atoms with E-state index < -0.39 is 0 Å². The van der Waals surface area contributed by atoms with Crippen LogP contribution in [0.3, 0.4) is 0 Å². The van der Waals surface area contributed by atoms with E-state index >= 15 is 0 Å². The lowest BCUT2D eigenvalue weighted by Gasteiger charge is -2.22. The summed E-state index contributed by atoms with van der Waals surface area (Å²) >= 11 is 0. The summed E-state index contributed by atoms with van der Waals surface area (Å²) in [4.78, 5) is 0. The van der Waals surface area contributed by atoms with Crippen LogP contribution in [0.1, 0.15) is 50.2 Å².